The lowest BCUT2D eigenvalue weighted by atomic mass is 10.2. The van der Waals surface area contributed by atoms with Gasteiger partial charge in [0.05, 0.1) is 5.69 Å². The number of benzene rings is 1. The summed E-state index contributed by atoms with van der Waals surface area (Å²) in [4.78, 5) is 4.81. The van der Waals surface area contributed by atoms with E-state index in [1.807, 2.05) is 6.07 Å². The van der Waals surface area contributed by atoms with Gasteiger partial charge in [-0.05, 0) is 25.0 Å². The van der Waals surface area contributed by atoms with Crippen LogP contribution in [-0.4, -0.2) is 35.6 Å². The highest BCUT2D eigenvalue weighted by molar-refractivity contribution is 5.68. The predicted molar refractivity (Wildman–Crippen MR) is 102 cm³/mol. The summed E-state index contributed by atoms with van der Waals surface area (Å²) in [7, 11) is 0. The SMILES string of the molecule is CC[C@H](C)n1c(C#N)cc(N)c1N1CCN(Cc2ccccc2)CC1. The number of piperazine rings is 1. The van der Waals surface area contributed by atoms with Crippen molar-refractivity contribution in [2.45, 2.75) is 32.9 Å². The fourth-order valence-electron chi connectivity index (χ4n) is 3.54. The van der Waals surface area contributed by atoms with Gasteiger partial charge in [-0.25, -0.2) is 0 Å². The van der Waals surface area contributed by atoms with Crippen molar-refractivity contribution in [3.8, 4) is 6.07 Å². The first kappa shape index (κ1) is 17.4. The van der Waals surface area contributed by atoms with Gasteiger partial charge >= 0.3 is 0 Å². The zero-order valence-electron chi connectivity index (χ0n) is 15.2. The molecular weight excluding hydrogens is 310 g/mol. The van der Waals surface area contributed by atoms with Gasteiger partial charge in [0.1, 0.15) is 17.6 Å². The minimum absolute atomic E-state index is 0.268. The molecule has 0 amide bonds. The minimum atomic E-state index is 0.268. The third kappa shape index (κ3) is 3.64. The largest absolute Gasteiger partial charge is 0.396 e. The minimum Gasteiger partial charge on any atom is -0.396 e. The molecule has 132 valence electrons. The molecule has 1 aliphatic heterocycles. The van der Waals surface area contributed by atoms with Gasteiger partial charge < -0.3 is 15.2 Å². The molecule has 0 aliphatic carbocycles. The van der Waals surface area contributed by atoms with Crippen LogP contribution in [0.15, 0.2) is 36.4 Å². The van der Waals surface area contributed by atoms with Crippen molar-refractivity contribution < 1.29 is 0 Å². The van der Waals surface area contributed by atoms with E-state index in [4.69, 9.17) is 5.73 Å². The van der Waals surface area contributed by atoms with Crippen molar-refractivity contribution in [1.29, 1.82) is 5.26 Å². The molecule has 0 unspecified atom stereocenters. The molecule has 0 bridgehead atoms. The molecule has 1 atom stereocenters. The summed E-state index contributed by atoms with van der Waals surface area (Å²) in [5.41, 5.74) is 9.00. The van der Waals surface area contributed by atoms with Crippen molar-refractivity contribution in [2.24, 2.45) is 0 Å². The molecule has 0 radical (unpaired) electrons. The molecule has 1 fully saturated rings. The van der Waals surface area contributed by atoms with Crippen LogP contribution in [0.3, 0.4) is 0 Å². The van der Waals surface area contributed by atoms with E-state index in [1.165, 1.54) is 5.56 Å². The van der Waals surface area contributed by atoms with Crippen LogP contribution in [0.4, 0.5) is 11.5 Å². The van der Waals surface area contributed by atoms with Gasteiger partial charge in [-0.15, -0.1) is 0 Å². The van der Waals surface area contributed by atoms with Gasteiger partial charge in [0.15, 0.2) is 0 Å². The molecule has 1 aromatic carbocycles. The smallest absolute Gasteiger partial charge is 0.133 e. The van der Waals surface area contributed by atoms with Crippen molar-refractivity contribution >= 4 is 11.5 Å². The maximum atomic E-state index is 9.45. The molecule has 1 aromatic heterocycles. The van der Waals surface area contributed by atoms with Gasteiger partial charge in [0, 0.05) is 38.8 Å². The second-order valence-electron chi connectivity index (χ2n) is 6.80. The molecule has 25 heavy (non-hydrogen) atoms. The third-order valence-electron chi connectivity index (χ3n) is 5.11. The summed E-state index contributed by atoms with van der Waals surface area (Å²) in [6, 6.07) is 15.0. The van der Waals surface area contributed by atoms with Crippen molar-refractivity contribution in [3.63, 3.8) is 0 Å². The monoisotopic (exact) mass is 337 g/mol. The van der Waals surface area contributed by atoms with Crippen LogP contribution in [0.25, 0.3) is 0 Å². The molecule has 2 heterocycles. The topological polar surface area (TPSA) is 61.2 Å². The van der Waals surface area contributed by atoms with Crippen LogP contribution in [0.2, 0.25) is 0 Å². The lowest BCUT2D eigenvalue weighted by Crippen LogP contribution is -2.47. The standard InChI is InChI=1S/C20H27N5/c1-3-16(2)25-18(14-21)13-19(22)20(25)24-11-9-23(10-12-24)15-17-7-5-4-6-8-17/h4-8,13,16H,3,9-12,15,22H2,1-2H3/t16-/m0/s1. The van der Waals surface area contributed by atoms with Crippen molar-refractivity contribution in [2.75, 3.05) is 36.8 Å². The maximum absolute atomic E-state index is 9.45. The Morgan fingerprint density at radius 3 is 2.44 bits per heavy atom. The van der Waals surface area contributed by atoms with Gasteiger partial charge in [0.25, 0.3) is 0 Å². The van der Waals surface area contributed by atoms with Gasteiger partial charge in [0.2, 0.25) is 0 Å². The van der Waals surface area contributed by atoms with E-state index in [2.05, 4.69) is 64.6 Å². The number of anilines is 2. The molecule has 2 N–H and O–H groups in total. The molecule has 1 aliphatic rings. The zero-order valence-corrected chi connectivity index (χ0v) is 15.2. The highest BCUT2D eigenvalue weighted by Crippen LogP contribution is 2.33. The third-order valence-corrected chi connectivity index (χ3v) is 5.11. The van der Waals surface area contributed by atoms with E-state index in [9.17, 15) is 5.26 Å². The molecule has 3 rings (SSSR count). The lowest BCUT2D eigenvalue weighted by molar-refractivity contribution is 0.248. The van der Waals surface area contributed by atoms with E-state index in [0.29, 0.717) is 11.4 Å². The van der Waals surface area contributed by atoms with Gasteiger partial charge in [-0.2, -0.15) is 5.26 Å². The Kier molecular flexibility index (Phi) is 5.30. The Balaban J connectivity index is 1.73. The second-order valence-corrected chi connectivity index (χ2v) is 6.80. The molecular formula is C20H27N5. The lowest BCUT2D eigenvalue weighted by Gasteiger charge is -2.37. The number of nitrogen functional groups attached to an aromatic ring is 1. The molecule has 5 heteroatoms. The average Bonchev–Trinajstić information content (AvgIpc) is 2.99. The Morgan fingerprint density at radius 1 is 1.16 bits per heavy atom. The number of hydrogen-bond donors (Lipinski definition) is 1. The highest BCUT2D eigenvalue weighted by atomic mass is 15.3. The van der Waals surface area contributed by atoms with Gasteiger partial charge in [-0.3, -0.25) is 4.90 Å². The van der Waals surface area contributed by atoms with E-state index >= 15 is 0 Å². The molecule has 0 saturated carbocycles. The summed E-state index contributed by atoms with van der Waals surface area (Å²) in [6.07, 6.45) is 0.976. The highest BCUT2D eigenvalue weighted by Gasteiger charge is 2.25. The van der Waals surface area contributed by atoms with Crippen LogP contribution in [0, 0.1) is 11.3 Å². The summed E-state index contributed by atoms with van der Waals surface area (Å²) in [6.45, 7) is 9.15. The molecule has 1 saturated heterocycles. The van der Waals surface area contributed by atoms with E-state index in [0.717, 1.165) is 45.0 Å². The summed E-state index contributed by atoms with van der Waals surface area (Å²) in [5, 5.41) is 9.45. The Hall–Kier alpha value is -2.45. The van der Waals surface area contributed by atoms with E-state index in [-0.39, 0.29) is 6.04 Å². The first-order chi connectivity index (χ1) is 12.1. The Bertz CT molecular complexity index is 735. The van der Waals surface area contributed by atoms with Crippen LogP contribution in [0.1, 0.15) is 37.6 Å². The fourth-order valence-corrected chi connectivity index (χ4v) is 3.54. The number of rotatable bonds is 5. The van der Waals surface area contributed by atoms with Crippen molar-refractivity contribution in [1.82, 2.24) is 9.47 Å². The number of nitrogens with zero attached hydrogens (tertiary/aromatic N) is 4. The number of hydrogen-bond acceptors (Lipinski definition) is 4. The number of nitrogens with two attached hydrogens (primary N) is 1. The zero-order chi connectivity index (χ0) is 17.8. The fraction of sp³-hybridized carbons (Fsp3) is 0.450. The molecule has 5 nitrogen and oxygen atoms in total. The second kappa shape index (κ2) is 7.62. The maximum Gasteiger partial charge on any atom is 0.133 e. The van der Waals surface area contributed by atoms with Crippen LogP contribution < -0.4 is 10.6 Å². The first-order valence-electron chi connectivity index (χ1n) is 9.06. The van der Waals surface area contributed by atoms with Gasteiger partial charge in [-0.1, -0.05) is 37.3 Å². The summed E-state index contributed by atoms with van der Waals surface area (Å²) >= 11 is 0. The normalized spacial score (nSPS) is 16.6. The quantitative estimate of drug-likeness (QED) is 0.910. The molecule has 0 spiro atoms. The summed E-state index contributed by atoms with van der Waals surface area (Å²) in [5.74, 6) is 1.02. The average molecular weight is 337 g/mol. The van der Waals surface area contributed by atoms with Crippen LogP contribution in [0.5, 0.6) is 0 Å². The first-order valence-corrected chi connectivity index (χ1v) is 9.06. The molecule has 2 aromatic rings. The van der Waals surface area contributed by atoms with Crippen LogP contribution in [-0.2, 0) is 6.54 Å². The van der Waals surface area contributed by atoms with Crippen LogP contribution >= 0.6 is 0 Å². The Morgan fingerprint density at radius 2 is 1.84 bits per heavy atom. The van der Waals surface area contributed by atoms with E-state index < -0.39 is 0 Å². The van der Waals surface area contributed by atoms with Crippen molar-refractivity contribution in [3.05, 3.63) is 47.7 Å². The number of nitriles is 1. The number of aromatic nitrogens is 1. The predicted octanol–water partition coefficient (Wildman–Crippen LogP) is 3.24. The Labute approximate surface area is 150 Å². The summed E-state index contributed by atoms with van der Waals surface area (Å²) < 4.78 is 2.11. The van der Waals surface area contributed by atoms with E-state index in [1.54, 1.807) is 0 Å².